The maximum Gasteiger partial charge on any atom is 0.416 e. The third-order valence-electron chi connectivity index (χ3n) is 8.12. The molecule has 2 aromatic rings. The minimum Gasteiger partial charge on any atom is -0.428 e. The molecular formula is C29H33F6N3O4. The number of amides is 2. The van der Waals surface area contributed by atoms with Gasteiger partial charge in [-0.25, -0.2) is 4.79 Å². The van der Waals surface area contributed by atoms with Crippen molar-refractivity contribution in [1.82, 2.24) is 15.1 Å². The summed E-state index contributed by atoms with van der Waals surface area (Å²) in [5, 5.41) is 3.49. The number of carbonyl (C=O) groups excluding carboxylic acids is 2. The van der Waals surface area contributed by atoms with Crippen LogP contribution in [-0.4, -0.2) is 61.3 Å². The Labute approximate surface area is 239 Å². The van der Waals surface area contributed by atoms with Crippen LogP contribution < -0.4 is 5.32 Å². The van der Waals surface area contributed by atoms with Gasteiger partial charge in [-0.05, 0) is 55.5 Å². The highest BCUT2D eigenvalue weighted by molar-refractivity contribution is 5.80. The highest BCUT2D eigenvalue weighted by Gasteiger charge is 2.51. The molecule has 42 heavy (non-hydrogen) atoms. The van der Waals surface area contributed by atoms with Crippen LogP contribution in [0.5, 0.6) is 0 Å². The molecule has 13 heteroatoms. The fraction of sp³-hybridized carbons (Fsp3) is 0.517. The summed E-state index contributed by atoms with van der Waals surface area (Å²) in [7, 11) is 3.06. The van der Waals surface area contributed by atoms with Crippen molar-refractivity contribution in [1.29, 1.82) is 0 Å². The highest BCUT2D eigenvalue weighted by atomic mass is 19.4. The number of alkyl halides is 6. The maximum atomic E-state index is 13.4. The third-order valence-corrected chi connectivity index (χ3v) is 8.12. The van der Waals surface area contributed by atoms with Crippen LogP contribution in [0.4, 0.5) is 31.1 Å². The topological polar surface area (TPSA) is 71.1 Å². The van der Waals surface area contributed by atoms with Crippen LogP contribution in [0, 0.1) is 0 Å². The largest absolute Gasteiger partial charge is 0.428 e. The fourth-order valence-electron chi connectivity index (χ4n) is 5.52. The van der Waals surface area contributed by atoms with Crippen LogP contribution in [0.15, 0.2) is 48.5 Å². The average molecular weight is 602 g/mol. The van der Waals surface area contributed by atoms with Crippen LogP contribution in [0.1, 0.15) is 61.0 Å². The van der Waals surface area contributed by atoms with E-state index in [2.05, 4.69) is 5.32 Å². The predicted molar refractivity (Wildman–Crippen MR) is 140 cm³/mol. The molecule has 3 atom stereocenters. The molecule has 4 rings (SSSR count). The number of hydrogen-bond acceptors (Lipinski definition) is 5. The summed E-state index contributed by atoms with van der Waals surface area (Å²) in [5.74, 6) is -0.148. The summed E-state index contributed by atoms with van der Waals surface area (Å²) in [5.41, 5.74) is -3.70. The van der Waals surface area contributed by atoms with Crippen LogP contribution >= 0.6 is 0 Å². The molecule has 1 spiro atoms. The minimum atomic E-state index is -4.97. The van der Waals surface area contributed by atoms with Gasteiger partial charge in [-0.2, -0.15) is 26.3 Å². The second-order valence-corrected chi connectivity index (χ2v) is 11.1. The molecular weight excluding hydrogens is 568 g/mol. The van der Waals surface area contributed by atoms with Crippen molar-refractivity contribution in [2.24, 2.45) is 0 Å². The molecule has 0 unspecified atom stereocenters. The zero-order valence-electron chi connectivity index (χ0n) is 23.4. The van der Waals surface area contributed by atoms with E-state index in [1.54, 1.807) is 4.90 Å². The van der Waals surface area contributed by atoms with Gasteiger partial charge in [0.1, 0.15) is 0 Å². The first-order valence-electron chi connectivity index (χ1n) is 13.4. The smallest absolute Gasteiger partial charge is 0.416 e. The maximum absolute atomic E-state index is 13.4. The molecule has 0 radical (unpaired) electrons. The van der Waals surface area contributed by atoms with Crippen molar-refractivity contribution in [3.8, 4) is 0 Å². The molecule has 7 nitrogen and oxygen atoms in total. The lowest BCUT2D eigenvalue weighted by Gasteiger charge is -2.49. The Morgan fingerprint density at radius 1 is 1.00 bits per heavy atom. The lowest BCUT2D eigenvalue weighted by Crippen LogP contribution is -2.63. The van der Waals surface area contributed by atoms with Gasteiger partial charge in [-0.15, -0.1) is 0 Å². The number of halogens is 6. The van der Waals surface area contributed by atoms with Gasteiger partial charge >= 0.3 is 18.4 Å². The van der Waals surface area contributed by atoms with Crippen molar-refractivity contribution in [3.63, 3.8) is 0 Å². The summed E-state index contributed by atoms with van der Waals surface area (Å²) in [4.78, 5) is 27.5. The van der Waals surface area contributed by atoms with E-state index in [4.69, 9.17) is 9.47 Å². The van der Waals surface area contributed by atoms with E-state index in [1.807, 2.05) is 30.3 Å². The number of likely N-dealkylation sites (tertiary alicyclic amines) is 1. The van der Waals surface area contributed by atoms with Crippen molar-refractivity contribution in [2.45, 2.75) is 62.1 Å². The summed E-state index contributed by atoms with van der Waals surface area (Å²) in [6.45, 7) is 1.46. The summed E-state index contributed by atoms with van der Waals surface area (Å²) < 4.78 is 91.9. The predicted octanol–water partition coefficient (Wildman–Crippen LogP) is 6.10. The van der Waals surface area contributed by atoms with Crippen molar-refractivity contribution >= 4 is 12.0 Å². The number of benzene rings is 2. The molecule has 1 N–H and O–H groups in total. The van der Waals surface area contributed by atoms with Crippen LogP contribution in [0.2, 0.25) is 0 Å². The molecule has 0 aliphatic carbocycles. The summed E-state index contributed by atoms with van der Waals surface area (Å²) >= 11 is 0. The molecule has 0 bridgehead atoms. The molecule has 230 valence electrons. The van der Waals surface area contributed by atoms with E-state index in [9.17, 15) is 35.9 Å². The quantitative estimate of drug-likeness (QED) is 0.389. The van der Waals surface area contributed by atoms with Gasteiger partial charge in [0.15, 0.2) is 6.73 Å². The Kier molecular flexibility index (Phi) is 8.85. The molecule has 2 aliphatic rings. The zero-order chi connectivity index (χ0) is 30.9. The van der Waals surface area contributed by atoms with E-state index in [1.165, 1.54) is 25.9 Å². The Balaban J connectivity index is 1.56. The normalized spacial score (nSPS) is 23.7. The van der Waals surface area contributed by atoms with E-state index >= 15 is 0 Å². The molecule has 0 saturated carbocycles. The van der Waals surface area contributed by atoms with Gasteiger partial charge in [-0.3, -0.25) is 4.79 Å². The Morgan fingerprint density at radius 3 is 2.14 bits per heavy atom. The van der Waals surface area contributed by atoms with Crippen molar-refractivity contribution in [2.75, 3.05) is 34.0 Å². The Morgan fingerprint density at radius 2 is 1.62 bits per heavy atom. The van der Waals surface area contributed by atoms with Gasteiger partial charge in [0, 0.05) is 27.1 Å². The van der Waals surface area contributed by atoms with E-state index in [-0.39, 0.29) is 37.3 Å². The highest BCUT2D eigenvalue weighted by Crippen LogP contribution is 2.43. The van der Waals surface area contributed by atoms with Crippen molar-refractivity contribution < 1.29 is 45.4 Å². The first-order valence-corrected chi connectivity index (χ1v) is 13.4. The second kappa shape index (κ2) is 11.8. The van der Waals surface area contributed by atoms with E-state index in [0.29, 0.717) is 37.9 Å². The van der Waals surface area contributed by atoms with Gasteiger partial charge in [-0.1, -0.05) is 30.3 Å². The summed E-state index contributed by atoms with van der Waals surface area (Å²) in [6, 6.07) is 10.6. The van der Waals surface area contributed by atoms with Crippen molar-refractivity contribution in [3.05, 3.63) is 70.8 Å². The Bertz CT molecular complexity index is 1240. The first-order chi connectivity index (χ1) is 19.6. The van der Waals surface area contributed by atoms with E-state index in [0.717, 1.165) is 5.56 Å². The monoisotopic (exact) mass is 601 g/mol. The standard InChI is InChI=1S/C29H33F6N3O4/c1-19(20-13-22(28(30,31)32)15-23(14-20)29(33,34)35)41-17-27(21-7-5-4-6-8-21)12-11-26(16-36-27)10-9-24(39)38(26)18-42-25(40)37(2)3/h4-8,13-15,19,36H,9-12,16-18H2,1-3H3/t19-,26-,27-/m1/s1. The van der Waals surface area contributed by atoms with Gasteiger partial charge in [0.25, 0.3) is 0 Å². The number of rotatable bonds is 7. The van der Waals surface area contributed by atoms with Crippen LogP contribution in [0.25, 0.3) is 0 Å². The molecule has 2 aliphatic heterocycles. The number of ether oxygens (including phenoxy) is 2. The van der Waals surface area contributed by atoms with Crippen LogP contribution in [-0.2, 0) is 32.2 Å². The van der Waals surface area contributed by atoms with Gasteiger partial charge in [0.05, 0.1) is 34.9 Å². The van der Waals surface area contributed by atoms with Crippen LogP contribution in [0.3, 0.4) is 0 Å². The number of hydrogen-bond donors (Lipinski definition) is 1. The summed E-state index contributed by atoms with van der Waals surface area (Å²) in [6.07, 6.45) is -9.86. The number of nitrogens with zero attached hydrogens (tertiary/aromatic N) is 2. The van der Waals surface area contributed by atoms with E-state index < -0.39 is 46.8 Å². The molecule has 2 aromatic carbocycles. The average Bonchev–Trinajstić information content (AvgIpc) is 3.24. The number of nitrogens with one attached hydrogen (secondary N) is 1. The lowest BCUT2D eigenvalue weighted by molar-refractivity contribution is -0.143. The molecule has 2 fully saturated rings. The molecule has 2 amide bonds. The number of carbonyl (C=O) groups is 2. The minimum absolute atomic E-state index is 0.0601. The van der Waals surface area contributed by atoms with Gasteiger partial charge in [0.2, 0.25) is 5.91 Å². The molecule has 2 heterocycles. The molecule has 0 aromatic heterocycles. The SMILES string of the molecule is C[C@@H](OC[C@@]1(c2ccccc2)CC[C@]2(CCC(=O)N2COC(=O)N(C)C)CN1)c1cc(C(F)(F)F)cc(C(F)(F)F)c1. The second-order valence-electron chi connectivity index (χ2n) is 11.1. The fourth-order valence-corrected chi connectivity index (χ4v) is 5.52. The zero-order valence-corrected chi connectivity index (χ0v) is 23.4. The molecule has 2 saturated heterocycles. The number of piperidine rings is 1. The Hall–Kier alpha value is -3.32. The third kappa shape index (κ3) is 6.67. The van der Waals surface area contributed by atoms with Gasteiger partial charge < -0.3 is 24.6 Å². The lowest BCUT2D eigenvalue weighted by atomic mass is 9.75. The first kappa shape index (κ1) is 31.6.